The zero-order valence-electron chi connectivity index (χ0n) is 10.1. The molecule has 96 valence electrons. The van der Waals surface area contributed by atoms with Gasteiger partial charge >= 0.3 is 0 Å². The summed E-state index contributed by atoms with van der Waals surface area (Å²) in [6, 6.07) is 5.63. The van der Waals surface area contributed by atoms with Crippen molar-refractivity contribution in [3.63, 3.8) is 0 Å². The lowest BCUT2D eigenvalue weighted by Gasteiger charge is -2.22. The first-order valence-electron chi connectivity index (χ1n) is 5.98. The highest BCUT2D eigenvalue weighted by molar-refractivity contribution is 6.36. The molecule has 0 spiro atoms. The monoisotopic (exact) mass is 274 g/mol. The van der Waals surface area contributed by atoms with Crippen LogP contribution in [0.2, 0.25) is 10.0 Å². The molecule has 0 amide bonds. The van der Waals surface area contributed by atoms with E-state index >= 15 is 0 Å². The Balaban J connectivity index is 2.93. The molecule has 0 aliphatic carbocycles. The highest BCUT2D eigenvalue weighted by atomic mass is 35.5. The van der Waals surface area contributed by atoms with Crippen LogP contribution in [0.5, 0.6) is 0 Å². The van der Waals surface area contributed by atoms with Gasteiger partial charge in [0.1, 0.15) is 0 Å². The fraction of sp³-hybridized carbons (Fsp3) is 0.538. The molecule has 0 heterocycles. The van der Waals surface area contributed by atoms with Crippen molar-refractivity contribution in [2.24, 2.45) is 17.4 Å². The predicted octanol–water partition coefficient (Wildman–Crippen LogP) is 3.41. The van der Waals surface area contributed by atoms with Gasteiger partial charge in [0, 0.05) is 10.0 Å². The van der Waals surface area contributed by atoms with Crippen LogP contribution in [0.25, 0.3) is 0 Å². The molecule has 2 nitrogen and oxygen atoms in total. The highest BCUT2D eigenvalue weighted by Gasteiger charge is 2.19. The van der Waals surface area contributed by atoms with E-state index in [1.807, 2.05) is 18.2 Å². The molecule has 0 fully saturated rings. The van der Waals surface area contributed by atoms with E-state index in [4.69, 9.17) is 34.7 Å². The standard InChI is InChI=1S/C13H20Cl2N2/c1-2-10(6-9(7-16)8-17)13-11(14)4-3-5-12(13)15/h3-5,9-10H,2,6-8,16-17H2,1H3. The molecule has 0 radical (unpaired) electrons. The van der Waals surface area contributed by atoms with Gasteiger partial charge in [-0.05, 0) is 55.5 Å². The smallest absolute Gasteiger partial charge is 0.0455 e. The van der Waals surface area contributed by atoms with Crippen molar-refractivity contribution in [3.8, 4) is 0 Å². The largest absolute Gasteiger partial charge is 0.330 e. The van der Waals surface area contributed by atoms with Gasteiger partial charge in [-0.25, -0.2) is 0 Å². The molecular weight excluding hydrogens is 255 g/mol. The second-order valence-electron chi connectivity index (χ2n) is 4.31. The average molecular weight is 275 g/mol. The van der Waals surface area contributed by atoms with Crippen LogP contribution in [-0.2, 0) is 0 Å². The highest BCUT2D eigenvalue weighted by Crippen LogP contribution is 2.36. The number of halogens is 2. The van der Waals surface area contributed by atoms with Crippen molar-refractivity contribution >= 4 is 23.2 Å². The van der Waals surface area contributed by atoms with Crippen molar-refractivity contribution in [1.82, 2.24) is 0 Å². The third-order valence-electron chi connectivity index (χ3n) is 3.19. The molecule has 17 heavy (non-hydrogen) atoms. The second kappa shape index (κ2) is 7.22. The Morgan fingerprint density at radius 1 is 1.12 bits per heavy atom. The van der Waals surface area contributed by atoms with Gasteiger partial charge in [0.05, 0.1) is 0 Å². The van der Waals surface area contributed by atoms with Crippen molar-refractivity contribution in [3.05, 3.63) is 33.8 Å². The van der Waals surface area contributed by atoms with Crippen LogP contribution in [0.1, 0.15) is 31.2 Å². The molecule has 1 aromatic carbocycles. The van der Waals surface area contributed by atoms with Crippen LogP contribution in [0.3, 0.4) is 0 Å². The molecule has 4 heteroatoms. The summed E-state index contributed by atoms with van der Waals surface area (Å²) in [6.45, 7) is 3.35. The van der Waals surface area contributed by atoms with Gasteiger partial charge in [-0.15, -0.1) is 0 Å². The zero-order chi connectivity index (χ0) is 12.8. The molecule has 1 rings (SSSR count). The number of hydrogen-bond donors (Lipinski definition) is 2. The number of rotatable bonds is 6. The molecule has 1 atom stereocenters. The van der Waals surface area contributed by atoms with E-state index in [2.05, 4.69) is 6.92 Å². The Kier molecular flexibility index (Phi) is 6.28. The van der Waals surface area contributed by atoms with E-state index in [0.717, 1.165) is 28.5 Å². The summed E-state index contributed by atoms with van der Waals surface area (Å²) in [5.41, 5.74) is 12.4. The topological polar surface area (TPSA) is 52.0 Å². The van der Waals surface area contributed by atoms with Crippen molar-refractivity contribution in [2.75, 3.05) is 13.1 Å². The van der Waals surface area contributed by atoms with E-state index < -0.39 is 0 Å². The maximum absolute atomic E-state index is 6.23. The Morgan fingerprint density at radius 2 is 1.65 bits per heavy atom. The van der Waals surface area contributed by atoms with Crippen LogP contribution in [0.15, 0.2) is 18.2 Å². The molecule has 4 N–H and O–H groups in total. The minimum atomic E-state index is 0.326. The van der Waals surface area contributed by atoms with Crippen LogP contribution in [-0.4, -0.2) is 13.1 Å². The quantitative estimate of drug-likeness (QED) is 0.835. The summed E-state index contributed by atoms with van der Waals surface area (Å²) in [5, 5.41) is 1.47. The lowest BCUT2D eigenvalue weighted by Crippen LogP contribution is -2.25. The van der Waals surface area contributed by atoms with Gasteiger partial charge in [-0.2, -0.15) is 0 Å². The van der Waals surface area contributed by atoms with Crippen molar-refractivity contribution in [1.29, 1.82) is 0 Å². The molecule has 0 saturated carbocycles. The van der Waals surface area contributed by atoms with Gasteiger partial charge in [-0.1, -0.05) is 36.2 Å². The summed E-state index contributed by atoms with van der Waals surface area (Å²) < 4.78 is 0. The molecule has 0 bridgehead atoms. The second-order valence-corrected chi connectivity index (χ2v) is 5.13. The van der Waals surface area contributed by atoms with Crippen molar-refractivity contribution in [2.45, 2.75) is 25.7 Å². The van der Waals surface area contributed by atoms with Crippen LogP contribution < -0.4 is 11.5 Å². The lowest BCUT2D eigenvalue weighted by molar-refractivity contribution is 0.442. The maximum atomic E-state index is 6.23. The van der Waals surface area contributed by atoms with E-state index in [0.29, 0.717) is 24.9 Å². The molecule has 0 aromatic heterocycles. The minimum Gasteiger partial charge on any atom is -0.330 e. The summed E-state index contributed by atoms with van der Waals surface area (Å²) in [4.78, 5) is 0. The number of hydrogen-bond acceptors (Lipinski definition) is 2. The first kappa shape index (κ1) is 14.8. The Morgan fingerprint density at radius 3 is 2.06 bits per heavy atom. The zero-order valence-corrected chi connectivity index (χ0v) is 11.6. The Bertz CT molecular complexity index is 331. The van der Waals surface area contributed by atoms with Gasteiger partial charge in [0.25, 0.3) is 0 Å². The van der Waals surface area contributed by atoms with Crippen molar-refractivity contribution < 1.29 is 0 Å². The van der Waals surface area contributed by atoms with Crippen LogP contribution in [0, 0.1) is 5.92 Å². The van der Waals surface area contributed by atoms with E-state index in [1.165, 1.54) is 0 Å². The summed E-state index contributed by atoms with van der Waals surface area (Å²) in [6.07, 6.45) is 1.92. The maximum Gasteiger partial charge on any atom is 0.0455 e. The van der Waals surface area contributed by atoms with Gasteiger partial charge in [0.15, 0.2) is 0 Å². The molecule has 1 unspecified atom stereocenters. The summed E-state index contributed by atoms with van der Waals surface area (Å²) >= 11 is 12.5. The van der Waals surface area contributed by atoms with Gasteiger partial charge < -0.3 is 11.5 Å². The average Bonchev–Trinajstić information content (AvgIpc) is 2.33. The minimum absolute atomic E-state index is 0.326. The third-order valence-corrected chi connectivity index (χ3v) is 3.84. The molecule has 1 aromatic rings. The summed E-state index contributed by atoms with van der Waals surface area (Å²) in [7, 11) is 0. The Labute approximate surface area is 113 Å². The van der Waals surface area contributed by atoms with Crippen LogP contribution in [0.4, 0.5) is 0 Å². The predicted molar refractivity (Wildman–Crippen MR) is 75.7 cm³/mol. The Hall–Kier alpha value is -0.280. The molecule has 0 aliphatic rings. The number of nitrogens with two attached hydrogens (primary N) is 2. The van der Waals surface area contributed by atoms with E-state index in [-0.39, 0.29) is 0 Å². The normalized spacial score (nSPS) is 13.1. The third kappa shape index (κ3) is 3.85. The molecular formula is C13H20Cl2N2. The van der Waals surface area contributed by atoms with Gasteiger partial charge in [-0.3, -0.25) is 0 Å². The number of benzene rings is 1. The summed E-state index contributed by atoms with van der Waals surface area (Å²) in [5.74, 6) is 0.653. The van der Waals surface area contributed by atoms with E-state index in [1.54, 1.807) is 0 Å². The SMILES string of the molecule is CCC(CC(CN)CN)c1c(Cl)cccc1Cl. The fourth-order valence-electron chi connectivity index (χ4n) is 2.08. The lowest BCUT2D eigenvalue weighted by atomic mass is 9.87. The van der Waals surface area contributed by atoms with Gasteiger partial charge in [0.2, 0.25) is 0 Å². The fourth-order valence-corrected chi connectivity index (χ4v) is 2.79. The van der Waals surface area contributed by atoms with E-state index in [9.17, 15) is 0 Å². The first-order chi connectivity index (χ1) is 8.13. The molecule has 0 aliphatic heterocycles. The first-order valence-corrected chi connectivity index (χ1v) is 6.73. The van der Waals surface area contributed by atoms with Crippen LogP contribution >= 0.6 is 23.2 Å². The molecule has 0 saturated heterocycles.